The van der Waals surface area contributed by atoms with Crippen molar-refractivity contribution < 1.29 is 19.4 Å². The van der Waals surface area contributed by atoms with Crippen LogP contribution in [0.1, 0.15) is 18.4 Å². The number of para-hydroxylation sites is 2. The van der Waals surface area contributed by atoms with Crippen LogP contribution in [0, 0.1) is 5.92 Å². The van der Waals surface area contributed by atoms with Crippen LogP contribution in [0.15, 0.2) is 66.7 Å². The average molecular weight is 447 g/mol. The zero-order chi connectivity index (χ0) is 23.2. The first-order chi connectivity index (χ1) is 16.1. The smallest absolute Gasteiger partial charge is 0.227 e. The van der Waals surface area contributed by atoms with Gasteiger partial charge in [0.2, 0.25) is 5.91 Å². The van der Waals surface area contributed by atoms with Gasteiger partial charge in [0.1, 0.15) is 5.75 Å². The van der Waals surface area contributed by atoms with Crippen molar-refractivity contribution in [1.82, 2.24) is 4.90 Å². The molecule has 6 heteroatoms. The van der Waals surface area contributed by atoms with Crippen molar-refractivity contribution in [3.8, 4) is 28.4 Å². The van der Waals surface area contributed by atoms with E-state index in [1.165, 1.54) is 0 Å². The first-order valence-electron chi connectivity index (χ1n) is 11.2. The Labute approximate surface area is 194 Å². The van der Waals surface area contributed by atoms with Gasteiger partial charge in [-0.05, 0) is 55.8 Å². The van der Waals surface area contributed by atoms with E-state index in [1.54, 1.807) is 20.3 Å². The number of phenols is 1. The van der Waals surface area contributed by atoms with E-state index in [0.717, 1.165) is 54.1 Å². The number of nitrogens with one attached hydrogen (secondary N) is 1. The highest BCUT2D eigenvalue weighted by atomic mass is 16.5. The molecule has 0 aromatic heterocycles. The second-order valence-corrected chi connectivity index (χ2v) is 8.29. The number of aromatic hydroxyl groups is 1. The summed E-state index contributed by atoms with van der Waals surface area (Å²) in [4.78, 5) is 15.3. The van der Waals surface area contributed by atoms with Crippen LogP contribution in [0.25, 0.3) is 11.1 Å². The Morgan fingerprint density at radius 3 is 2.52 bits per heavy atom. The van der Waals surface area contributed by atoms with Gasteiger partial charge in [0.15, 0.2) is 11.5 Å². The molecule has 0 atom stereocenters. The Hall–Kier alpha value is -3.51. The zero-order valence-electron chi connectivity index (χ0n) is 19.1. The molecule has 0 aliphatic carbocycles. The molecule has 172 valence electrons. The van der Waals surface area contributed by atoms with Crippen LogP contribution < -0.4 is 14.8 Å². The molecule has 0 saturated carbocycles. The van der Waals surface area contributed by atoms with Gasteiger partial charge in [0.25, 0.3) is 0 Å². The molecule has 33 heavy (non-hydrogen) atoms. The number of anilines is 1. The van der Waals surface area contributed by atoms with Crippen LogP contribution in [-0.4, -0.2) is 43.2 Å². The van der Waals surface area contributed by atoms with E-state index in [-0.39, 0.29) is 17.6 Å². The van der Waals surface area contributed by atoms with Gasteiger partial charge in [-0.15, -0.1) is 0 Å². The summed E-state index contributed by atoms with van der Waals surface area (Å²) in [6.45, 7) is 2.23. The molecular formula is C27H30N2O4. The molecule has 1 fully saturated rings. The predicted molar refractivity (Wildman–Crippen MR) is 130 cm³/mol. The van der Waals surface area contributed by atoms with Crippen LogP contribution in [0.4, 0.5) is 5.69 Å². The van der Waals surface area contributed by atoms with Crippen molar-refractivity contribution in [2.75, 3.05) is 32.6 Å². The molecule has 1 aliphatic rings. The second kappa shape index (κ2) is 10.4. The Balaban J connectivity index is 1.38. The highest BCUT2D eigenvalue weighted by molar-refractivity contribution is 5.96. The number of amides is 1. The molecule has 0 bridgehead atoms. The van der Waals surface area contributed by atoms with E-state index in [4.69, 9.17) is 9.47 Å². The molecule has 6 nitrogen and oxygen atoms in total. The molecule has 1 saturated heterocycles. The third-order valence-corrected chi connectivity index (χ3v) is 6.22. The lowest BCUT2D eigenvalue weighted by Crippen LogP contribution is -2.37. The maximum Gasteiger partial charge on any atom is 0.227 e. The fourth-order valence-electron chi connectivity index (χ4n) is 4.32. The van der Waals surface area contributed by atoms with E-state index in [9.17, 15) is 9.90 Å². The molecule has 2 N–H and O–H groups in total. The van der Waals surface area contributed by atoms with Gasteiger partial charge in [-0.2, -0.15) is 0 Å². The first-order valence-corrected chi connectivity index (χ1v) is 11.2. The summed E-state index contributed by atoms with van der Waals surface area (Å²) in [6.07, 6.45) is 1.55. The molecule has 1 aliphatic heterocycles. The molecule has 1 heterocycles. The van der Waals surface area contributed by atoms with Crippen molar-refractivity contribution in [2.45, 2.75) is 19.4 Å². The molecule has 3 aromatic rings. The number of methoxy groups -OCH3 is 2. The van der Waals surface area contributed by atoms with E-state index >= 15 is 0 Å². The fraction of sp³-hybridized carbons (Fsp3) is 0.296. The molecule has 0 radical (unpaired) electrons. The van der Waals surface area contributed by atoms with E-state index < -0.39 is 0 Å². The maximum atomic E-state index is 13.1. The van der Waals surface area contributed by atoms with Crippen molar-refractivity contribution in [3.05, 3.63) is 72.3 Å². The summed E-state index contributed by atoms with van der Waals surface area (Å²) in [5.41, 5.74) is 3.61. The topological polar surface area (TPSA) is 71.0 Å². The second-order valence-electron chi connectivity index (χ2n) is 8.29. The zero-order valence-corrected chi connectivity index (χ0v) is 19.1. The van der Waals surface area contributed by atoms with Gasteiger partial charge in [-0.1, -0.05) is 42.5 Å². The van der Waals surface area contributed by atoms with Crippen molar-refractivity contribution in [1.29, 1.82) is 0 Å². The van der Waals surface area contributed by atoms with Gasteiger partial charge in [0, 0.05) is 29.3 Å². The van der Waals surface area contributed by atoms with Gasteiger partial charge >= 0.3 is 0 Å². The Morgan fingerprint density at radius 2 is 1.76 bits per heavy atom. The first kappa shape index (κ1) is 22.7. The number of ether oxygens (including phenoxy) is 2. The van der Waals surface area contributed by atoms with Crippen molar-refractivity contribution in [3.63, 3.8) is 0 Å². The van der Waals surface area contributed by atoms with E-state index in [2.05, 4.69) is 10.2 Å². The number of hydrogen-bond acceptors (Lipinski definition) is 5. The number of carbonyl (C=O) groups is 1. The standard InChI is InChI=1S/C27H30N2O4/c1-32-22-9-5-7-20(17-22)23-10-3-4-11-24(23)28-27(31)19-13-15-29(16-14-19)18-21-8-6-12-25(33-2)26(21)30/h3-12,17,19,30H,13-16,18H2,1-2H3,(H,28,31). The lowest BCUT2D eigenvalue weighted by Gasteiger charge is -2.31. The third-order valence-electron chi connectivity index (χ3n) is 6.22. The Kier molecular flexibility index (Phi) is 7.15. The Bertz CT molecular complexity index is 1110. The number of hydrogen-bond donors (Lipinski definition) is 2. The highest BCUT2D eigenvalue weighted by Crippen LogP contribution is 2.33. The summed E-state index contributed by atoms with van der Waals surface area (Å²) < 4.78 is 10.6. The summed E-state index contributed by atoms with van der Waals surface area (Å²) in [7, 11) is 3.20. The summed E-state index contributed by atoms with van der Waals surface area (Å²) in [5, 5.41) is 13.5. The van der Waals surface area contributed by atoms with Crippen LogP contribution in [-0.2, 0) is 11.3 Å². The maximum absolute atomic E-state index is 13.1. The van der Waals surface area contributed by atoms with Gasteiger partial charge < -0.3 is 19.9 Å². The predicted octanol–water partition coefficient (Wildman–Crippen LogP) is 4.93. The van der Waals surface area contributed by atoms with Gasteiger partial charge in [0.05, 0.1) is 14.2 Å². The minimum Gasteiger partial charge on any atom is -0.504 e. The largest absolute Gasteiger partial charge is 0.504 e. The number of likely N-dealkylation sites (tertiary alicyclic amines) is 1. The van der Waals surface area contributed by atoms with Crippen molar-refractivity contribution in [2.24, 2.45) is 5.92 Å². The van der Waals surface area contributed by atoms with E-state index in [0.29, 0.717) is 12.3 Å². The molecule has 1 amide bonds. The number of carbonyl (C=O) groups excluding carboxylic acids is 1. The summed E-state index contributed by atoms with van der Waals surface area (Å²) in [5.74, 6) is 1.46. The summed E-state index contributed by atoms with van der Waals surface area (Å²) in [6, 6.07) is 21.2. The quantitative estimate of drug-likeness (QED) is 0.539. The molecular weight excluding hydrogens is 416 g/mol. The van der Waals surface area contributed by atoms with Gasteiger partial charge in [-0.25, -0.2) is 0 Å². The molecule has 3 aromatic carbocycles. The third kappa shape index (κ3) is 5.29. The number of phenolic OH excluding ortho intramolecular Hbond substituents is 1. The lowest BCUT2D eigenvalue weighted by atomic mass is 9.95. The molecule has 4 rings (SSSR count). The van der Waals surface area contributed by atoms with Gasteiger partial charge in [-0.3, -0.25) is 9.69 Å². The minimum absolute atomic E-state index is 0.0430. The van der Waals surface area contributed by atoms with Crippen molar-refractivity contribution >= 4 is 11.6 Å². The van der Waals surface area contributed by atoms with Crippen LogP contribution in [0.2, 0.25) is 0 Å². The van der Waals surface area contributed by atoms with Crippen LogP contribution in [0.3, 0.4) is 0 Å². The summed E-state index contributed by atoms with van der Waals surface area (Å²) >= 11 is 0. The highest BCUT2D eigenvalue weighted by Gasteiger charge is 2.26. The lowest BCUT2D eigenvalue weighted by molar-refractivity contribution is -0.121. The normalized spacial score (nSPS) is 14.6. The van der Waals surface area contributed by atoms with Crippen LogP contribution >= 0.6 is 0 Å². The van der Waals surface area contributed by atoms with E-state index in [1.807, 2.05) is 60.7 Å². The number of piperidine rings is 1. The molecule has 0 unspecified atom stereocenters. The number of nitrogens with zero attached hydrogens (tertiary/aromatic N) is 1. The number of rotatable bonds is 7. The monoisotopic (exact) mass is 446 g/mol. The SMILES string of the molecule is COc1cccc(-c2ccccc2NC(=O)C2CCN(Cc3cccc(OC)c3O)CC2)c1. The minimum atomic E-state index is -0.0430. The number of benzene rings is 3. The molecule has 0 spiro atoms. The van der Waals surface area contributed by atoms with Crippen LogP contribution in [0.5, 0.6) is 17.2 Å². The average Bonchev–Trinajstić information content (AvgIpc) is 2.86. The fourth-order valence-corrected chi connectivity index (χ4v) is 4.32. The Morgan fingerprint density at radius 1 is 1.00 bits per heavy atom.